The zero-order valence-electron chi connectivity index (χ0n) is 9.37. The van der Waals surface area contributed by atoms with E-state index in [0.717, 1.165) is 29.7 Å². The van der Waals surface area contributed by atoms with Gasteiger partial charge in [-0.2, -0.15) is 0 Å². The zero-order valence-corrected chi connectivity index (χ0v) is 9.37. The number of hydrogen-bond donors (Lipinski definition) is 1. The molecule has 1 N–H and O–H groups in total. The number of fused-ring (bicyclic) bond motifs is 5. The Morgan fingerprint density at radius 2 is 1.79 bits per heavy atom. The van der Waals surface area contributed by atoms with Crippen LogP contribution < -0.4 is 5.43 Å². The molecule has 0 spiro atoms. The van der Waals surface area contributed by atoms with Crippen LogP contribution in [0.25, 0.3) is 0 Å². The molecule has 0 radical (unpaired) electrons. The van der Waals surface area contributed by atoms with Gasteiger partial charge in [-0.15, -0.1) is 0 Å². The van der Waals surface area contributed by atoms with E-state index in [1.54, 1.807) is 6.42 Å². The Bertz CT molecular complexity index is 226. The SMILES string of the molecule is CN(C)NC1CC2CC1C1CCCC21. The fraction of sp³-hybridized carbons (Fsp3) is 1.00. The van der Waals surface area contributed by atoms with E-state index in [1.807, 2.05) is 0 Å². The van der Waals surface area contributed by atoms with Crippen molar-refractivity contribution in [3.05, 3.63) is 0 Å². The summed E-state index contributed by atoms with van der Waals surface area (Å²) in [6.45, 7) is 0. The number of hydrogen-bond acceptors (Lipinski definition) is 2. The number of hydrazine groups is 1. The highest BCUT2D eigenvalue weighted by atomic mass is 15.5. The van der Waals surface area contributed by atoms with Gasteiger partial charge in [-0.25, -0.2) is 0 Å². The first-order valence-corrected chi connectivity index (χ1v) is 6.19. The number of rotatable bonds is 2. The van der Waals surface area contributed by atoms with Crippen LogP contribution in [0.3, 0.4) is 0 Å². The van der Waals surface area contributed by atoms with E-state index >= 15 is 0 Å². The summed E-state index contributed by atoms with van der Waals surface area (Å²) >= 11 is 0. The molecule has 3 saturated carbocycles. The third-order valence-electron chi connectivity index (χ3n) is 4.85. The molecule has 80 valence electrons. The summed E-state index contributed by atoms with van der Waals surface area (Å²) < 4.78 is 0. The summed E-state index contributed by atoms with van der Waals surface area (Å²) in [6, 6.07) is 0.800. The van der Waals surface area contributed by atoms with Gasteiger partial charge in [0.2, 0.25) is 0 Å². The summed E-state index contributed by atoms with van der Waals surface area (Å²) in [5, 5.41) is 2.15. The molecule has 0 aliphatic heterocycles. The standard InChI is InChI=1S/C12H22N2/c1-14(2)13-12-7-8-6-11(12)10-5-3-4-9(8)10/h8-13H,3-7H2,1-2H3. The van der Waals surface area contributed by atoms with Crippen LogP contribution in [0.1, 0.15) is 32.1 Å². The van der Waals surface area contributed by atoms with Crippen molar-refractivity contribution in [2.24, 2.45) is 23.7 Å². The summed E-state index contributed by atoms with van der Waals surface area (Å²) in [6.07, 6.45) is 7.56. The summed E-state index contributed by atoms with van der Waals surface area (Å²) in [4.78, 5) is 0. The number of nitrogens with zero attached hydrogens (tertiary/aromatic N) is 1. The smallest absolute Gasteiger partial charge is 0.0248 e. The van der Waals surface area contributed by atoms with Crippen LogP contribution >= 0.6 is 0 Å². The Kier molecular flexibility index (Phi) is 2.10. The van der Waals surface area contributed by atoms with Gasteiger partial charge in [0.1, 0.15) is 0 Å². The molecule has 0 aromatic rings. The van der Waals surface area contributed by atoms with Crippen molar-refractivity contribution in [3.63, 3.8) is 0 Å². The molecule has 0 saturated heterocycles. The van der Waals surface area contributed by atoms with E-state index < -0.39 is 0 Å². The van der Waals surface area contributed by atoms with Crippen molar-refractivity contribution in [2.45, 2.75) is 38.1 Å². The van der Waals surface area contributed by atoms with Crippen LogP contribution in [0.15, 0.2) is 0 Å². The summed E-state index contributed by atoms with van der Waals surface area (Å²) in [5.41, 5.74) is 3.62. The minimum absolute atomic E-state index is 0.800. The van der Waals surface area contributed by atoms with Crippen molar-refractivity contribution in [1.82, 2.24) is 10.4 Å². The van der Waals surface area contributed by atoms with Crippen LogP contribution in [0, 0.1) is 23.7 Å². The molecule has 0 heterocycles. The van der Waals surface area contributed by atoms with Crippen molar-refractivity contribution in [1.29, 1.82) is 0 Å². The fourth-order valence-electron chi connectivity index (χ4n) is 4.55. The molecule has 2 heteroatoms. The highest BCUT2D eigenvalue weighted by molar-refractivity contribution is 5.05. The van der Waals surface area contributed by atoms with Gasteiger partial charge in [0, 0.05) is 20.1 Å². The maximum atomic E-state index is 3.62. The second-order valence-electron chi connectivity index (χ2n) is 5.78. The monoisotopic (exact) mass is 194 g/mol. The minimum atomic E-state index is 0.800. The maximum Gasteiger partial charge on any atom is 0.0248 e. The molecular weight excluding hydrogens is 172 g/mol. The molecule has 0 amide bonds. The zero-order chi connectivity index (χ0) is 9.71. The van der Waals surface area contributed by atoms with Crippen LogP contribution in [0.2, 0.25) is 0 Å². The average Bonchev–Trinajstić information content (AvgIpc) is 2.68. The van der Waals surface area contributed by atoms with E-state index in [1.165, 1.54) is 25.7 Å². The predicted molar refractivity (Wildman–Crippen MR) is 57.7 cm³/mol. The van der Waals surface area contributed by atoms with Gasteiger partial charge in [0.05, 0.1) is 0 Å². The van der Waals surface area contributed by atoms with E-state index in [0.29, 0.717) is 0 Å². The Balaban J connectivity index is 1.71. The molecule has 3 aliphatic rings. The Labute approximate surface area is 87.0 Å². The van der Waals surface area contributed by atoms with Crippen molar-refractivity contribution >= 4 is 0 Å². The van der Waals surface area contributed by atoms with Gasteiger partial charge < -0.3 is 0 Å². The lowest BCUT2D eigenvalue weighted by atomic mass is 9.79. The van der Waals surface area contributed by atoms with E-state index in [2.05, 4.69) is 24.5 Å². The van der Waals surface area contributed by atoms with Crippen LogP contribution in [-0.4, -0.2) is 25.1 Å². The largest absolute Gasteiger partial charge is 0.252 e. The van der Waals surface area contributed by atoms with Crippen LogP contribution in [0.5, 0.6) is 0 Å². The molecule has 0 aromatic carbocycles. The predicted octanol–water partition coefficient (Wildman–Crippen LogP) is 1.88. The second-order valence-corrected chi connectivity index (χ2v) is 5.78. The summed E-state index contributed by atoms with van der Waals surface area (Å²) in [7, 11) is 4.25. The third kappa shape index (κ3) is 1.24. The number of nitrogens with one attached hydrogen (secondary N) is 1. The topological polar surface area (TPSA) is 15.3 Å². The Morgan fingerprint density at radius 3 is 2.57 bits per heavy atom. The molecule has 5 unspecified atom stereocenters. The highest BCUT2D eigenvalue weighted by Crippen LogP contribution is 2.58. The second kappa shape index (κ2) is 3.21. The lowest BCUT2D eigenvalue weighted by Crippen LogP contribution is -2.45. The Hall–Kier alpha value is -0.0800. The fourth-order valence-corrected chi connectivity index (χ4v) is 4.55. The molecule has 14 heavy (non-hydrogen) atoms. The third-order valence-corrected chi connectivity index (χ3v) is 4.85. The quantitative estimate of drug-likeness (QED) is 0.675. The maximum absolute atomic E-state index is 3.62. The lowest BCUT2D eigenvalue weighted by Gasteiger charge is -2.33. The molecule has 0 aromatic heterocycles. The molecule has 3 aliphatic carbocycles. The van der Waals surface area contributed by atoms with Gasteiger partial charge in [-0.05, 0) is 49.4 Å². The van der Waals surface area contributed by atoms with Gasteiger partial charge in [-0.3, -0.25) is 10.4 Å². The van der Waals surface area contributed by atoms with Crippen LogP contribution in [0.4, 0.5) is 0 Å². The normalized spacial score (nSPS) is 50.4. The van der Waals surface area contributed by atoms with Gasteiger partial charge in [0.15, 0.2) is 0 Å². The first-order valence-electron chi connectivity index (χ1n) is 6.19. The van der Waals surface area contributed by atoms with E-state index in [-0.39, 0.29) is 0 Å². The summed E-state index contributed by atoms with van der Waals surface area (Å²) in [5.74, 6) is 4.30. The molecule has 2 nitrogen and oxygen atoms in total. The van der Waals surface area contributed by atoms with Gasteiger partial charge in [0.25, 0.3) is 0 Å². The van der Waals surface area contributed by atoms with Crippen molar-refractivity contribution < 1.29 is 0 Å². The first-order chi connectivity index (χ1) is 6.75. The van der Waals surface area contributed by atoms with Crippen molar-refractivity contribution in [2.75, 3.05) is 14.1 Å². The molecule has 3 fully saturated rings. The van der Waals surface area contributed by atoms with Gasteiger partial charge >= 0.3 is 0 Å². The first kappa shape index (κ1) is 9.17. The average molecular weight is 194 g/mol. The Morgan fingerprint density at radius 1 is 1.00 bits per heavy atom. The molecular formula is C12H22N2. The van der Waals surface area contributed by atoms with Gasteiger partial charge in [-0.1, -0.05) is 6.42 Å². The van der Waals surface area contributed by atoms with Crippen LogP contribution in [-0.2, 0) is 0 Å². The van der Waals surface area contributed by atoms with E-state index in [9.17, 15) is 0 Å². The lowest BCUT2D eigenvalue weighted by molar-refractivity contribution is 0.141. The molecule has 5 atom stereocenters. The minimum Gasteiger partial charge on any atom is -0.252 e. The highest BCUT2D eigenvalue weighted by Gasteiger charge is 2.53. The molecule has 3 rings (SSSR count). The van der Waals surface area contributed by atoms with E-state index in [4.69, 9.17) is 0 Å². The van der Waals surface area contributed by atoms with Crippen molar-refractivity contribution in [3.8, 4) is 0 Å². The molecule has 2 bridgehead atoms.